The van der Waals surface area contributed by atoms with Crippen molar-refractivity contribution in [1.82, 2.24) is 9.97 Å². The summed E-state index contributed by atoms with van der Waals surface area (Å²) >= 11 is 1.18. The summed E-state index contributed by atoms with van der Waals surface area (Å²) in [5, 5.41) is 10.9. The van der Waals surface area contributed by atoms with Crippen molar-refractivity contribution in [2.75, 3.05) is 23.7 Å². The van der Waals surface area contributed by atoms with Gasteiger partial charge in [-0.05, 0) is 49.4 Å². The van der Waals surface area contributed by atoms with Crippen molar-refractivity contribution < 1.29 is 13.5 Å². The summed E-state index contributed by atoms with van der Waals surface area (Å²) in [6.45, 7) is 16.3. The number of anilines is 2. The zero-order chi connectivity index (χ0) is 32.8. The Bertz CT molecular complexity index is 1790. The predicted molar refractivity (Wildman–Crippen MR) is 183 cm³/mol. The second-order valence-corrected chi connectivity index (χ2v) is 12.4. The molecule has 0 spiro atoms. The van der Waals surface area contributed by atoms with Crippen molar-refractivity contribution in [3.8, 4) is 17.2 Å². The van der Waals surface area contributed by atoms with E-state index >= 15 is 8.78 Å². The Hall–Kier alpha value is -3.94. The molecular formula is C35H42F2N6OS. The van der Waals surface area contributed by atoms with Crippen LogP contribution in [0.5, 0.6) is 0 Å². The first kappa shape index (κ1) is 33.9. The molecule has 2 N–H and O–H groups in total. The number of thiophene rings is 1. The predicted octanol–water partition coefficient (Wildman–Crippen LogP) is 9.17. The van der Waals surface area contributed by atoms with E-state index in [1.807, 2.05) is 38.7 Å². The normalized spacial score (nSPS) is 16.2. The van der Waals surface area contributed by atoms with Crippen molar-refractivity contribution in [2.24, 2.45) is 16.8 Å². The summed E-state index contributed by atoms with van der Waals surface area (Å²) in [6.07, 6.45) is 7.50. The van der Waals surface area contributed by atoms with Crippen molar-refractivity contribution in [3.63, 3.8) is 0 Å². The number of nitriles is 1. The number of fused-ring (bicyclic) bond motifs is 4. The Morgan fingerprint density at radius 1 is 1.24 bits per heavy atom. The van der Waals surface area contributed by atoms with Gasteiger partial charge in [0.05, 0.1) is 18.8 Å². The van der Waals surface area contributed by atoms with Crippen LogP contribution in [0.1, 0.15) is 78.0 Å². The van der Waals surface area contributed by atoms with Crippen molar-refractivity contribution in [2.45, 2.75) is 74.5 Å². The summed E-state index contributed by atoms with van der Waals surface area (Å²) in [6, 6.07) is 4.92. The molecule has 45 heavy (non-hydrogen) atoms. The number of nitrogen functional groups attached to an aromatic ring is 1. The lowest BCUT2D eigenvalue weighted by Crippen LogP contribution is -2.24. The van der Waals surface area contributed by atoms with Gasteiger partial charge < -0.3 is 15.4 Å². The number of nitrogens with two attached hydrogens (primary N) is 1. The third-order valence-electron chi connectivity index (χ3n) is 8.19. The first-order valence-electron chi connectivity index (χ1n) is 15.6. The molecular weight excluding hydrogens is 590 g/mol. The van der Waals surface area contributed by atoms with Crippen LogP contribution in [0.15, 0.2) is 35.6 Å². The monoisotopic (exact) mass is 632 g/mol. The van der Waals surface area contributed by atoms with E-state index in [1.165, 1.54) is 23.8 Å². The third kappa shape index (κ3) is 6.70. The lowest BCUT2D eigenvalue weighted by Gasteiger charge is -2.19. The molecule has 2 aliphatic rings. The molecule has 7 nitrogen and oxygen atoms in total. The van der Waals surface area contributed by atoms with Gasteiger partial charge in [0.15, 0.2) is 5.82 Å². The highest BCUT2D eigenvalue weighted by Crippen LogP contribution is 2.46. The minimum absolute atomic E-state index is 0.0189. The van der Waals surface area contributed by atoms with Gasteiger partial charge in [-0.25, -0.2) is 18.7 Å². The largest absolute Gasteiger partial charge is 0.389 e. The van der Waals surface area contributed by atoms with Crippen LogP contribution in [0, 0.1) is 34.8 Å². The molecule has 10 heteroatoms. The Morgan fingerprint density at radius 3 is 2.62 bits per heavy atom. The van der Waals surface area contributed by atoms with Crippen molar-refractivity contribution >= 4 is 49.0 Å². The molecule has 6 rings (SSSR count). The molecule has 0 bridgehead atoms. The molecule has 0 saturated carbocycles. The van der Waals surface area contributed by atoms with Gasteiger partial charge in [0.25, 0.3) is 0 Å². The first-order valence-corrected chi connectivity index (χ1v) is 16.4. The second-order valence-electron chi connectivity index (χ2n) is 11.3. The van der Waals surface area contributed by atoms with Gasteiger partial charge in [0, 0.05) is 63.7 Å². The van der Waals surface area contributed by atoms with E-state index < -0.39 is 11.6 Å². The molecule has 1 unspecified atom stereocenters. The van der Waals surface area contributed by atoms with Crippen LogP contribution in [0.3, 0.4) is 0 Å². The number of nitrogens with zero attached hydrogens (tertiary/aromatic N) is 5. The fourth-order valence-electron chi connectivity index (χ4n) is 5.44. The first-order chi connectivity index (χ1) is 21.7. The smallest absolute Gasteiger partial charge is 0.225 e. The number of benzene rings is 2. The van der Waals surface area contributed by atoms with Gasteiger partial charge in [0.1, 0.15) is 22.4 Å². The van der Waals surface area contributed by atoms with E-state index in [2.05, 4.69) is 41.8 Å². The van der Waals surface area contributed by atoms with Crippen molar-refractivity contribution in [3.05, 3.63) is 58.9 Å². The Labute approximate surface area is 268 Å². The molecule has 1 atom stereocenters. The summed E-state index contributed by atoms with van der Waals surface area (Å²) in [7, 11) is 0. The van der Waals surface area contributed by atoms with Crippen LogP contribution >= 0.6 is 11.3 Å². The molecule has 0 aliphatic carbocycles. The zero-order valence-corrected chi connectivity index (χ0v) is 28.0. The molecule has 4 aromatic rings. The second kappa shape index (κ2) is 14.9. The Morgan fingerprint density at radius 2 is 1.96 bits per heavy atom. The minimum atomic E-state index is -0.658. The summed E-state index contributed by atoms with van der Waals surface area (Å²) in [4.78, 5) is 15.7. The summed E-state index contributed by atoms with van der Waals surface area (Å²) in [5.74, 6) is 0.259. The van der Waals surface area contributed by atoms with E-state index in [-0.39, 0.29) is 46.3 Å². The standard InChI is InChI=1S/C28H24F2N6OS.C5H12.C2H6/c1-3-7-33-14(2)15-6-8-36(11-15)28-34-10-17-18-12-37-13-19(18)23(25(30)26(17)35-28)24-20(29)4-5-21-22(24)16(9-31)27(32)38-21;1-4-5(2)3;1-2/h3-5,7,10,15H,6,8,11-13,32H2,1-2H3;5H,4H2,1-3H3;1-2H3/b7-3-,33-14?;;. The molecule has 2 aromatic carbocycles. The van der Waals surface area contributed by atoms with Gasteiger partial charge >= 0.3 is 0 Å². The SMILES string of the molecule is C/C=C\N=C(C)C1CCN(c2ncc3c4c(c(-c5c(F)ccc6sc(N)c(C#N)c56)c(F)c3n2)COC4)C1.CC.CCC(C)C. The van der Waals surface area contributed by atoms with Gasteiger partial charge in [-0.2, -0.15) is 5.26 Å². The summed E-state index contributed by atoms with van der Waals surface area (Å²) < 4.78 is 38.3. The molecule has 1 fully saturated rings. The highest BCUT2D eigenvalue weighted by molar-refractivity contribution is 7.23. The maximum atomic E-state index is 16.5. The maximum absolute atomic E-state index is 16.5. The van der Waals surface area contributed by atoms with Gasteiger partial charge in [-0.15, -0.1) is 11.3 Å². The van der Waals surface area contributed by atoms with Crippen LogP contribution in [-0.2, 0) is 18.0 Å². The van der Waals surface area contributed by atoms with Crippen LogP contribution in [0.2, 0.25) is 0 Å². The van der Waals surface area contributed by atoms with E-state index in [0.29, 0.717) is 33.5 Å². The Balaban J connectivity index is 0.000000602. The number of hydrogen-bond acceptors (Lipinski definition) is 8. The van der Waals surface area contributed by atoms with Gasteiger partial charge in [-0.1, -0.05) is 47.1 Å². The Kier molecular flexibility index (Phi) is 11.2. The van der Waals surface area contributed by atoms with E-state index in [0.717, 1.165) is 30.2 Å². The van der Waals surface area contributed by atoms with E-state index in [4.69, 9.17) is 10.5 Å². The number of hydrogen-bond donors (Lipinski definition) is 1. The highest BCUT2D eigenvalue weighted by atomic mass is 32.1. The number of aliphatic imine (C=N–C) groups is 1. The lowest BCUT2D eigenvalue weighted by atomic mass is 9.90. The molecule has 0 radical (unpaired) electrons. The molecule has 2 aliphatic heterocycles. The number of ether oxygens (including phenoxy) is 1. The number of aromatic nitrogens is 2. The van der Waals surface area contributed by atoms with Crippen LogP contribution in [-0.4, -0.2) is 28.8 Å². The minimum Gasteiger partial charge on any atom is -0.389 e. The van der Waals surface area contributed by atoms with Gasteiger partial charge in [-0.3, -0.25) is 4.99 Å². The van der Waals surface area contributed by atoms with E-state index in [9.17, 15) is 5.26 Å². The fourth-order valence-corrected chi connectivity index (χ4v) is 6.37. The molecule has 2 aromatic heterocycles. The molecule has 1 saturated heterocycles. The van der Waals surface area contributed by atoms with Crippen molar-refractivity contribution in [1.29, 1.82) is 5.26 Å². The molecule has 238 valence electrons. The number of rotatable bonds is 5. The average molecular weight is 633 g/mol. The zero-order valence-electron chi connectivity index (χ0n) is 27.2. The van der Waals surface area contributed by atoms with E-state index in [1.54, 1.807) is 18.5 Å². The quantitative estimate of drug-likeness (QED) is 0.220. The van der Waals surface area contributed by atoms with Crippen LogP contribution in [0.25, 0.3) is 32.1 Å². The fraction of sp³-hybridized carbons (Fsp3) is 0.429. The van der Waals surface area contributed by atoms with Crippen LogP contribution < -0.4 is 10.6 Å². The third-order valence-corrected chi connectivity index (χ3v) is 9.17. The maximum Gasteiger partial charge on any atom is 0.225 e. The average Bonchev–Trinajstić information content (AvgIpc) is 3.81. The van der Waals surface area contributed by atoms with Crippen LogP contribution in [0.4, 0.5) is 19.7 Å². The summed E-state index contributed by atoms with van der Waals surface area (Å²) in [5.41, 5.74) is 8.72. The topological polar surface area (TPSA) is 100 Å². The number of allylic oxidation sites excluding steroid dienone is 1. The lowest BCUT2D eigenvalue weighted by molar-refractivity contribution is 0.135. The highest BCUT2D eigenvalue weighted by Gasteiger charge is 2.31. The van der Waals surface area contributed by atoms with Gasteiger partial charge in [0.2, 0.25) is 5.95 Å². The molecule has 4 heterocycles. The number of halogens is 2. The molecule has 0 amide bonds.